The Kier molecular flexibility index (Phi) is 4.02. The summed E-state index contributed by atoms with van der Waals surface area (Å²) < 4.78 is 18.7. The first-order valence-electron chi connectivity index (χ1n) is 8.66. The van der Waals surface area contributed by atoms with Crippen LogP contribution in [0.25, 0.3) is 0 Å². The Bertz CT molecular complexity index is 960. The van der Waals surface area contributed by atoms with Gasteiger partial charge in [0.25, 0.3) is 0 Å². The highest BCUT2D eigenvalue weighted by Gasteiger charge is 2.57. The number of ether oxygens (including phenoxy) is 1. The minimum Gasteiger partial charge on any atom is -0.468 e. The van der Waals surface area contributed by atoms with Crippen molar-refractivity contribution >= 4 is 17.7 Å². The van der Waals surface area contributed by atoms with Crippen molar-refractivity contribution in [1.82, 2.24) is 10.3 Å². The zero-order valence-corrected chi connectivity index (χ0v) is 14.9. The van der Waals surface area contributed by atoms with Gasteiger partial charge < -0.3 is 10.1 Å². The molecule has 6 nitrogen and oxygen atoms in total. The molecule has 0 saturated heterocycles. The molecule has 4 rings (SSSR count). The summed E-state index contributed by atoms with van der Waals surface area (Å²) >= 11 is 0. The van der Waals surface area contributed by atoms with E-state index in [-0.39, 0.29) is 11.7 Å². The molecule has 1 aromatic carbocycles. The molecule has 2 aromatic rings. The number of rotatable bonds is 2. The lowest BCUT2D eigenvalue weighted by Gasteiger charge is -2.37. The minimum absolute atomic E-state index is 0.0671. The first kappa shape index (κ1) is 17.3. The van der Waals surface area contributed by atoms with Crippen LogP contribution in [0.2, 0.25) is 0 Å². The van der Waals surface area contributed by atoms with Crippen molar-refractivity contribution in [3.63, 3.8) is 0 Å². The first-order valence-corrected chi connectivity index (χ1v) is 8.66. The number of aromatic nitrogens is 1. The van der Waals surface area contributed by atoms with Crippen LogP contribution < -0.4 is 5.32 Å². The van der Waals surface area contributed by atoms with Crippen LogP contribution in [0.1, 0.15) is 36.1 Å². The fraction of sp³-hybridized carbons (Fsp3) is 0.300. The summed E-state index contributed by atoms with van der Waals surface area (Å²) in [7, 11) is 1.24. The maximum absolute atomic E-state index is 13.8. The first-order chi connectivity index (χ1) is 13.0. The monoisotopic (exact) mass is 367 g/mol. The van der Waals surface area contributed by atoms with Crippen molar-refractivity contribution in [3.8, 4) is 0 Å². The van der Waals surface area contributed by atoms with Crippen LogP contribution in [0.15, 0.2) is 47.6 Å². The standard InChI is InChI=1S/C20H18FN3O3/c1-11-10-20(14-7-6-12(21)9-13(11)14)16(19(26)27-2)18(25)23-17(24-20)15-5-3-4-8-22-15/h3-9,11,16H,10H2,1-2H3,(H,23,24,25). The number of aliphatic imine (C=N–C) groups is 1. The molecule has 0 saturated carbocycles. The molecule has 1 spiro atoms. The predicted octanol–water partition coefficient (Wildman–Crippen LogP) is 2.29. The molecule has 0 radical (unpaired) electrons. The second-order valence-electron chi connectivity index (χ2n) is 6.88. The van der Waals surface area contributed by atoms with E-state index in [2.05, 4.69) is 10.3 Å². The molecule has 138 valence electrons. The number of nitrogens with one attached hydrogen (secondary N) is 1. The average molecular weight is 367 g/mol. The van der Waals surface area contributed by atoms with Crippen LogP contribution in [-0.2, 0) is 19.9 Å². The molecular formula is C20H18FN3O3. The number of nitrogens with zero attached hydrogens (tertiary/aromatic N) is 2. The Morgan fingerprint density at radius 3 is 2.85 bits per heavy atom. The number of esters is 1. The molecule has 2 heterocycles. The van der Waals surface area contributed by atoms with E-state index in [9.17, 15) is 14.0 Å². The van der Waals surface area contributed by atoms with E-state index in [0.717, 1.165) is 5.56 Å². The fourth-order valence-electron chi connectivity index (χ4n) is 4.14. The highest BCUT2D eigenvalue weighted by Crippen LogP contribution is 2.52. The Balaban J connectivity index is 1.96. The van der Waals surface area contributed by atoms with E-state index in [0.29, 0.717) is 23.5 Å². The van der Waals surface area contributed by atoms with Crippen molar-refractivity contribution in [2.45, 2.75) is 24.8 Å². The molecule has 3 unspecified atom stereocenters. The van der Waals surface area contributed by atoms with Crippen LogP contribution in [0.5, 0.6) is 0 Å². The molecule has 0 bridgehead atoms. The van der Waals surface area contributed by atoms with E-state index in [1.54, 1.807) is 30.5 Å². The zero-order valence-electron chi connectivity index (χ0n) is 14.9. The second kappa shape index (κ2) is 6.26. The van der Waals surface area contributed by atoms with Crippen LogP contribution in [0.3, 0.4) is 0 Å². The molecule has 1 aliphatic heterocycles. The number of halogens is 1. The number of pyridine rings is 1. The van der Waals surface area contributed by atoms with Crippen molar-refractivity contribution in [1.29, 1.82) is 0 Å². The van der Waals surface area contributed by atoms with Crippen molar-refractivity contribution in [3.05, 3.63) is 65.2 Å². The van der Waals surface area contributed by atoms with E-state index in [1.807, 2.05) is 6.92 Å². The van der Waals surface area contributed by atoms with Gasteiger partial charge in [-0.25, -0.2) is 4.39 Å². The largest absolute Gasteiger partial charge is 0.468 e. The van der Waals surface area contributed by atoms with E-state index >= 15 is 0 Å². The van der Waals surface area contributed by atoms with Gasteiger partial charge in [0.05, 0.1) is 7.11 Å². The molecule has 1 aromatic heterocycles. The van der Waals surface area contributed by atoms with Crippen LogP contribution in [0, 0.1) is 11.7 Å². The van der Waals surface area contributed by atoms with Crippen molar-refractivity contribution in [2.24, 2.45) is 10.9 Å². The maximum Gasteiger partial charge on any atom is 0.321 e. The Hall–Kier alpha value is -3.09. The molecule has 1 N–H and O–H groups in total. The molecule has 2 aliphatic rings. The highest BCUT2D eigenvalue weighted by atomic mass is 19.1. The lowest BCUT2D eigenvalue weighted by Crippen LogP contribution is -2.54. The van der Waals surface area contributed by atoms with Gasteiger partial charge in [-0.1, -0.05) is 19.1 Å². The molecule has 0 fully saturated rings. The number of benzene rings is 1. The second-order valence-corrected chi connectivity index (χ2v) is 6.88. The summed E-state index contributed by atoms with van der Waals surface area (Å²) in [5.74, 6) is -2.44. The third kappa shape index (κ3) is 2.61. The van der Waals surface area contributed by atoms with Gasteiger partial charge in [-0.05, 0) is 47.7 Å². The van der Waals surface area contributed by atoms with Gasteiger partial charge in [-0.3, -0.25) is 19.6 Å². The van der Waals surface area contributed by atoms with Gasteiger partial charge >= 0.3 is 5.97 Å². The summed E-state index contributed by atoms with van der Waals surface area (Å²) in [5.41, 5.74) is 0.777. The van der Waals surface area contributed by atoms with Crippen molar-refractivity contribution < 1.29 is 18.7 Å². The van der Waals surface area contributed by atoms with Crippen molar-refractivity contribution in [2.75, 3.05) is 7.11 Å². The smallest absolute Gasteiger partial charge is 0.321 e. The Morgan fingerprint density at radius 1 is 1.33 bits per heavy atom. The highest BCUT2D eigenvalue weighted by molar-refractivity contribution is 6.14. The van der Waals surface area contributed by atoms with Gasteiger partial charge in [-0.15, -0.1) is 0 Å². The van der Waals surface area contributed by atoms with Gasteiger partial charge in [0, 0.05) is 6.20 Å². The fourth-order valence-corrected chi connectivity index (χ4v) is 4.14. The lowest BCUT2D eigenvalue weighted by atomic mass is 9.77. The number of methoxy groups -OCH3 is 1. The molecule has 1 aliphatic carbocycles. The zero-order chi connectivity index (χ0) is 19.2. The summed E-state index contributed by atoms with van der Waals surface area (Å²) in [6, 6.07) is 9.67. The van der Waals surface area contributed by atoms with Gasteiger partial charge in [-0.2, -0.15) is 0 Å². The third-order valence-corrected chi connectivity index (χ3v) is 5.27. The summed E-state index contributed by atoms with van der Waals surface area (Å²) in [5, 5.41) is 2.68. The molecule has 27 heavy (non-hydrogen) atoms. The number of carbonyl (C=O) groups excluding carboxylic acids is 2. The SMILES string of the molecule is COC(=O)C1C(=O)NC(c2ccccn2)=NC12CC(C)c1cc(F)ccc12. The number of hydrogen-bond donors (Lipinski definition) is 1. The molecule has 1 amide bonds. The van der Waals surface area contributed by atoms with E-state index in [1.165, 1.54) is 19.2 Å². The summed E-state index contributed by atoms with van der Waals surface area (Å²) in [6.07, 6.45) is 2.00. The average Bonchev–Trinajstić information content (AvgIpc) is 2.93. The molecular weight excluding hydrogens is 349 g/mol. The van der Waals surface area contributed by atoms with Gasteiger partial charge in [0.1, 0.15) is 17.1 Å². The number of hydrogen-bond acceptors (Lipinski definition) is 5. The Morgan fingerprint density at radius 2 is 2.15 bits per heavy atom. The number of carbonyl (C=O) groups is 2. The van der Waals surface area contributed by atoms with Crippen LogP contribution in [0.4, 0.5) is 4.39 Å². The summed E-state index contributed by atoms with van der Waals surface area (Å²) in [4.78, 5) is 34.5. The van der Waals surface area contributed by atoms with Gasteiger partial charge in [0.2, 0.25) is 5.91 Å². The topological polar surface area (TPSA) is 80.7 Å². The predicted molar refractivity (Wildman–Crippen MR) is 95.5 cm³/mol. The lowest BCUT2D eigenvalue weighted by molar-refractivity contribution is -0.153. The Labute approximate surface area is 155 Å². The maximum atomic E-state index is 13.8. The number of fused-ring (bicyclic) bond motifs is 2. The van der Waals surface area contributed by atoms with Crippen LogP contribution in [-0.4, -0.2) is 29.8 Å². The quantitative estimate of drug-likeness (QED) is 0.652. The number of amides is 1. The van der Waals surface area contributed by atoms with Gasteiger partial charge in [0.15, 0.2) is 11.8 Å². The van der Waals surface area contributed by atoms with Crippen LogP contribution >= 0.6 is 0 Å². The minimum atomic E-state index is -1.15. The summed E-state index contributed by atoms with van der Waals surface area (Å²) in [6.45, 7) is 1.93. The van der Waals surface area contributed by atoms with E-state index in [4.69, 9.17) is 9.73 Å². The third-order valence-electron chi connectivity index (χ3n) is 5.27. The normalized spacial score (nSPS) is 26.3. The number of amidine groups is 1. The molecule has 7 heteroatoms. The van der Waals surface area contributed by atoms with E-state index < -0.39 is 23.3 Å². The molecule has 3 atom stereocenters.